The fourth-order valence-electron chi connectivity index (χ4n) is 1.47. The minimum Gasteiger partial charge on any atom is -0.382 e. The maximum Gasteiger partial charge on any atom is 0.147 e. The van der Waals surface area contributed by atoms with Crippen LogP contribution in [0.2, 0.25) is 0 Å². The van der Waals surface area contributed by atoms with Crippen molar-refractivity contribution < 1.29 is 0 Å². The summed E-state index contributed by atoms with van der Waals surface area (Å²) in [5.74, 6) is 1.43. The van der Waals surface area contributed by atoms with E-state index in [0.29, 0.717) is 11.9 Å². The number of rotatable bonds is 3. The average molecular weight is 178 g/mol. The molecule has 0 radical (unpaired) electrons. The molecule has 1 aliphatic rings. The van der Waals surface area contributed by atoms with Crippen LogP contribution in [-0.4, -0.2) is 22.6 Å². The summed E-state index contributed by atoms with van der Waals surface area (Å²) in [4.78, 5) is 10.6. The molecule has 70 valence electrons. The number of aromatic nitrogens is 2. The Hall–Kier alpha value is -1.32. The van der Waals surface area contributed by atoms with Crippen LogP contribution in [0.15, 0.2) is 12.4 Å². The van der Waals surface area contributed by atoms with Crippen LogP contribution in [0.1, 0.15) is 19.8 Å². The van der Waals surface area contributed by atoms with Crippen LogP contribution in [0, 0.1) is 0 Å². The zero-order valence-corrected chi connectivity index (χ0v) is 7.77. The van der Waals surface area contributed by atoms with Crippen LogP contribution in [0.5, 0.6) is 0 Å². The van der Waals surface area contributed by atoms with Crippen molar-refractivity contribution in [3.8, 4) is 0 Å². The highest BCUT2D eigenvalue weighted by molar-refractivity contribution is 5.41. The van der Waals surface area contributed by atoms with Gasteiger partial charge in [-0.25, -0.2) is 9.97 Å². The second-order valence-corrected chi connectivity index (χ2v) is 3.32. The van der Waals surface area contributed by atoms with Gasteiger partial charge in [-0.3, -0.25) is 0 Å². The summed E-state index contributed by atoms with van der Waals surface area (Å²) in [6.45, 7) is 3.12. The lowest BCUT2D eigenvalue weighted by atomic mass is 10.4. The molecule has 0 amide bonds. The fourth-order valence-corrected chi connectivity index (χ4v) is 1.47. The van der Waals surface area contributed by atoms with Gasteiger partial charge >= 0.3 is 0 Å². The molecule has 0 atom stereocenters. The van der Waals surface area contributed by atoms with Crippen LogP contribution in [0.3, 0.4) is 0 Å². The Morgan fingerprint density at radius 1 is 1.46 bits per heavy atom. The Labute approximate surface area is 77.8 Å². The lowest BCUT2D eigenvalue weighted by molar-refractivity contribution is 0.804. The quantitative estimate of drug-likeness (QED) is 0.751. The van der Waals surface area contributed by atoms with Gasteiger partial charge in [0.25, 0.3) is 0 Å². The van der Waals surface area contributed by atoms with Crippen LogP contribution < -0.4 is 10.6 Å². The standard InChI is InChI=1S/C9H14N4/c1-2-13(7-3-4-7)9-6-11-8(10)5-12-9/h5-7H,2-4H2,1H3,(H2,10,11). The van der Waals surface area contributed by atoms with E-state index >= 15 is 0 Å². The van der Waals surface area contributed by atoms with Crippen LogP contribution in [-0.2, 0) is 0 Å². The largest absolute Gasteiger partial charge is 0.382 e. The van der Waals surface area contributed by atoms with Crippen molar-refractivity contribution in [2.24, 2.45) is 0 Å². The Kier molecular flexibility index (Phi) is 2.04. The molecule has 0 bridgehead atoms. The Bertz CT molecular complexity index is 278. The van der Waals surface area contributed by atoms with Crippen molar-refractivity contribution in [2.45, 2.75) is 25.8 Å². The molecule has 2 rings (SSSR count). The van der Waals surface area contributed by atoms with Crippen molar-refractivity contribution in [1.82, 2.24) is 9.97 Å². The number of hydrogen-bond donors (Lipinski definition) is 1. The third-order valence-electron chi connectivity index (χ3n) is 2.28. The topological polar surface area (TPSA) is 55.0 Å². The molecule has 4 heteroatoms. The average Bonchev–Trinajstić information content (AvgIpc) is 2.93. The van der Waals surface area contributed by atoms with E-state index in [1.165, 1.54) is 12.8 Å². The van der Waals surface area contributed by atoms with Gasteiger partial charge in [0.05, 0.1) is 12.4 Å². The molecule has 1 aliphatic carbocycles. The van der Waals surface area contributed by atoms with Gasteiger partial charge in [0.1, 0.15) is 11.6 Å². The van der Waals surface area contributed by atoms with Gasteiger partial charge in [0, 0.05) is 12.6 Å². The van der Waals surface area contributed by atoms with Gasteiger partial charge in [-0.1, -0.05) is 0 Å². The first-order valence-electron chi connectivity index (χ1n) is 4.65. The first-order valence-corrected chi connectivity index (χ1v) is 4.65. The number of nitrogens with zero attached hydrogens (tertiary/aromatic N) is 3. The Morgan fingerprint density at radius 3 is 2.69 bits per heavy atom. The molecule has 0 spiro atoms. The molecule has 1 heterocycles. The van der Waals surface area contributed by atoms with Gasteiger partial charge in [0.2, 0.25) is 0 Å². The lowest BCUT2D eigenvalue weighted by Gasteiger charge is -2.20. The summed E-state index contributed by atoms with van der Waals surface area (Å²) < 4.78 is 0. The van der Waals surface area contributed by atoms with Crippen LogP contribution in [0.25, 0.3) is 0 Å². The normalized spacial score (nSPS) is 15.8. The molecule has 1 aromatic rings. The minimum absolute atomic E-state index is 0.482. The first-order chi connectivity index (χ1) is 6.31. The van der Waals surface area contributed by atoms with Gasteiger partial charge in [-0.05, 0) is 19.8 Å². The SMILES string of the molecule is CCN(c1cnc(N)cn1)C1CC1. The fraction of sp³-hybridized carbons (Fsp3) is 0.556. The van der Waals surface area contributed by atoms with Gasteiger partial charge in [-0.15, -0.1) is 0 Å². The van der Waals surface area contributed by atoms with Crippen molar-refractivity contribution in [3.05, 3.63) is 12.4 Å². The highest BCUT2D eigenvalue weighted by Crippen LogP contribution is 2.29. The predicted octanol–water partition coefficient (Wildman–Crippen LogP) is 1.05. The molecule has 0 saturated heterocycles. The van der Waals surface area contributed by atoms with E-state index < -0.39 is 0 Å². The zero-order valence-electron chi connectivity index (χ0n) is 7.77. The summed E-state index contributed by atoms with van der Waals surface area (Å²) in [5.41, 5.74) is 5.47. The highest BCUT2D eigenvalue weighted by atomic mass is 15.2. The third-order valence-corrected chi connectivity index (χ3v) is 2.28. The predicted molar refractivity (Wildman–Crippen MR) is 52.5 cm³/mol. The molecule has 1 aromatic heterocycles. The molecule has 1 fully saturated rings. The minimum atomic E-state index is 0.482. The smallest absolute Gasteiger partial charge is 0.147 e. The van der Waals surface area contributed by atoms with E-state index in [4.69, 9.17) is 5.73 Å². The van der Waals surface area contributed by atoms with E-state index in [2.05, 4.69) is 21.8 Å². The molecule has 0 unspecified atom stereocenters. The molecule has 2 N–H and O–H groups in total. The summed E-state index contributed by atoms with van der Waals surface area (Å²) in [7, 11) is 0. The molecule has 13 heavy (non-hydrogen) atoms. The number of nitrogen functional groups attached to an aromatic ring is 1. The van der Waals surface area contributed by atoms with Crippen LogP contribution >= 0.6 is 0 Å². The third kappa shape index (κ3) is 1.71. The maximum absolute atomic E-state index is 5.47. The number of hydrogen-bond acceptors (Lipinski definition) is 4. The van der Waals surface area contributed by atoms with E-state index in [1.54, 1.807) is 12.4 Å². The van der Waals surface area contributed by atoms with Crippen molar-refractivity contribution in [3.63, 3.8) is 0 Å². The zero-order chi connectivity index (χ0) is 9.26. The lowest BCUT2D eigenvalue weighted by Crippen LogP contribution is -2.26. The summed E-state index contributed by atoms with van der Waals surface area (Å²) in [6.07, 6.45) is 5.91. The second-order valence-electron chi connectivity index (χ2n) is 3.32. The van der Waals surface area contributed by atoms with E-state index in [0.717, 1.165) is 12.4 Å². The summed E-state index contributed by atoms with van der Waals surface area (Å²) >= 11 is 0. The molecular formula is C9H14N4. The van der Waals surface area contributed by atoms with Gasteiger partial charge in [0.15, 0.2) is 0 Å². The molecule has 1 saturated carbocycles. The maximum atomic E-state index is 5.47. The number of anilines is 2. The summed E-state index contributed by atoms with van der Waals surface area (Å²) in [6, 6.07) is 0.683. The van der Waals surface area contributed by atoms with Gasteiger partial charge < -0.3 is 10.6 Å². The molecule has 4 nitrogen and oxygen atoms in total. The Morgan fingerprint density at radius 2 is 2.23 bits per heavy atom. The second kappa shape index (κ2) is 3.20. The molecular weight excluding hydrogens is 164 g/mol. The van der Waals surface area contributed by atoms with E-state index in [-0.39, 0.29) is 0 Å². The van der Waals surface area contributed by atoms with Crippen molar-refractivity contribution >= 4 is 11.6 Å². The first kappa shape index (κ1) is 8.29. The Balaban J connectivity index is 2.17. The monoisotopic (exact) mass is 178 g/mol. The molecule has 0 aromatic carbocycles. The molecule has 0 aliphatic heterocycles. The van der Waals surface area contributed by atoms with Gasteiger partial charge in [-0.2, -0.15) is 0 Å². The van der Waals surface area contributed by atoms with Crippen molar-refractivity contribution in [1.29, 1.82) is 0 Å². The van der Waals surface area contributed by atoms with Crippen molar-refractivity contribution in [2.75, 3.05) is 17.2 Å². The summed E-state index contributed by atoms with van der Waals surface area (Å²) in [5, 5.41) is 0. The highest BCUT2D eigenvalue weighted by Gasteiger charge is 2.28. The van der Waals surface area contributed by atoms with E-state index in [1.807, 2.05) is 0 Å². The van der Waals surface area contributed by atoms with Crippen LogP contribution in [0.4, 0.5) is 11.6 Å². The van der Waals surface area contributed by atoms with E-state index in [9.17, 15) is 0 Å². The number of nitrogens with two attached hydrogens (primary N) is 1.